The Balaban J connectivity index is 1.40. The Morgan fingerprint density at radius 3 is 2.16 bits per heavy atom. The number of Topliss-reactive ketones (excluding diaryl/α,β-unsaturated/α-hetero) is 1. The van der Waals surface area contributed by atoms with Gasteiger partial charge in [0.15, 0.2) is 0 Å². The number of amides is 3. The number of hydrogen-bond donors (Lipinski definition) is 1. The van der Waals surface area contributed by atoms with Gasteiger partial charge in [-0.1, -0.05) is 80.6 Å². The summed E-state index contributed by atoms with van der Waals surface area (Å²) in [5.74, 6) is -2.11. The number of ketones is 1. The summed E-state index contributed by atoms with van der Waals surface area (Å²) in [5, 5.41) is 5.55. The third-order valence-electron chi connectivity index (χ3n) is 8.55. The molecule has 0 spiro atoms. The maximum absolute atomic E-state index is 14.5. The number of anilines is 3. The standard InChI is InChI=1S/C39H37N5O4S/c1-25(2)26-14-16-28(17-15-26)36(38(47)40-29-18-20-30(21-19-29)42(3)4)44(22-34-41-32(24-49-34)27-10-6-5-7-11-27)35(45)23-43-33-13-9-8-12-31(33)37(46)39(43)48/h5-21,24-25,36H,22-23H2,1-4H3,(H,40,47). The fourth-order valence-corrected chi connectivity index (χ4v) is 6.62. The van der Waals surface area contributed by atoms with E-state index in [1.165, 1.54) is 21.1 Å². The van der Waals surface area contributed by atoms with Gasteiger partial charge >= 0.3 is 0 Å². The summed E-state index contributed by atoms with van der Waals surface area (Å²) in [4.78, 5) is 64.3. The number of nitrogens with one attached hydrogen (secondary N) is 1. The first kappa shape index (κ1) is 33.3. The lowest BCUT2D eigenvalue weighted by atomic mass is 9.97. The Morgan fingerprint density at radius 2 is 1.49 bits per heavy atom. The Hall–Kier alpha value is -5.61. The zero-order chi connectivity index (χ0) is 34.7. The third kappa shape index (κ3) is 7.14. The highest BCUT2D eigenvalue weighted by Crippen LogP contribution is 2.32. The predicted molar refractivity (Wildman–Crippen MR) is 194 cm³/mol. The Kier molecular flexibility index (Phi) is 9.68. The quantitative estimate of drug-likeness (QED) is 0.153. The lowest BCUT2D eigenvalue weighted by Gasteiger charge is -2.32. The molecule has 248 valence electrons. The number of benzene rings is 4. The van der Waals surface area contributed by atoms with Crippen LogP contribution in [0.25, 0.3) is 11.3 Å². The number of aromatic nitrogens is 1. The molecule has 1 unspecified atom stereocenters. The second-order valence-corrected chi connectivity index (χ2v) is 13.3. The van der Waals surface area contributed by atoms with Gasteiger partial charge in [-0.2, -0.15) is 0 Å². The largest absolute Gasteiger partial charge is 0.378 e. The normalized spacial score (nSPS) is 13.0. The average Bonchev–Trinajstić information content (AvgIpc) is 3.67. The number of fused-ring (bicyclic) bond motifs is 1. The molecule has 1 atom stereocenters. The monoisotopic (exact) mass is 671 g/mol. The molecule has 0 aliphatic carbocycles. The topological polar surface area (TPSA) is 103 Å². The number of thiazole rings is 1. The molecule has 9 nitrogen and oxygen atoms in total. The van der Waals surface area contributed by atoms with E-state index >= 15 is 0 Å². The van der Waals surface area contributed by atoms with Crippen molar-refractivity contribution in [3.63, 3.8) is 0 Å². The molecule has 3 amide bonds. The van der Waals surface area contributed by atoms with E-state index in [0.717, 1.165) is 22.5 Å². The highest BCUT2D eigenvalue weighted by atomic mass is 32.1. The van der Waals surface area contributed by atoms with Gasteiger partial charge in [-0.3, -0.25) is 24.1 Å². The number of rotatable bonds is 11. The first-order valence-corrected chi connectivity index (χ1v) is 16.9. The van der Waals surface area contributed by atoms with Crippen LogP contribution in [0.3, 0.4) is 0 Å². The molecule has 10 heteroatoms. The van der Waals surface area contributed by atoms with Crippen molar-refractivity contribution in [2.75, 3.05) is 35.8 Å². The van der Waals surface area contributed by atoms with Crippen molar-refractivity contribution < 1.29 is 19.2 Å². The van der Waals surface area contributed by atoms with Crippen LogP contribution in [0.1, 0.15) is 52.3 Å². The number of carbonyl (C=O) groups excluding carboxylic acids is 4. The van der Waals surface area contributed by atoms with E-state index in [2.05, 4.69) is 19.2 Å². The van der Waals surface area contributed by atoms with E-state index in [9.17, 15) is 19.2 Å². The zero-order valence-electron chi connectivity index (χ0n) is 27.8. The molecule has 0 fully saturated rings. The van der Waals surface area contributed by atoms with Gasteiger partial charge < -0.3 is 15.1 Å². The summed E-state index contributed by atoms with van der Waals surface area (Å²) in [6.45, 7) is 3.75. The van der Waals surface area contributed by atoms with Crippen molar-refractivity contribution in [3.05, 3.63) is 130 Å². The van der Waals surface area contributed by atoms with E-state index < -0.39 is 36.1 Å². The van der Waals surface area contributed by atoms with Gasteiger partial charge in [-0.15, -0.1) is 11.3 Å². The lowest BCUT2D eigenvalue weighted by Crippen LogP contribution is -2.46. The molecule has 0 saturated carbocycles. The van der Waals surface area contributed by atoms with Crippen molar-refractivity contribution in [2.24, 2.45) is 0 Å². The highest BCUT2D eigenvalue weighted by Gasteiger charge is 2.39. The number of hydrogen-bond acceptors (Lipinski definition) is 7. The van der Waals surface area contributed by atoms with Gasteiger partial charge in [0.05, 0.1) is 23.5 Å². The smallest absolute Gasteiger partial charge is 0.299 e. The Bertz CT molecular complexity index is 1990. The molecule has 0 bridgehead atoms. The zero-order valence-corrected chi connectivity index (χ0v) is 28.6. The SMILES string of the molecule is CC(C)c1ccc(C(C(=O)Nc2ccc(N(C)C)cc2)N(Cc2nc(-c3ccccc3)cs2)C(=O)CN2C(=O)C(=O)c3ccccc32)cc1. The van der Waals surface area contributed by atoms with Gasteiger partial charge in [-0.25, -0.2) is 4.98 Å². The average molecular weight is 672 g/mol. The minimum Gasteiger partial charge on any atom is -0.378 e. The van der Waals surface area contributed by atoms with Gasteiger partial charge in [0.2, 0.25) is 5.91 Å². The van der Waals surface area contributed by atoms with Crippen LogP contribution in [0.5, 0.6) is 0 Å². The molecule has 1 N–H and O–H groups in total. The number of para-hydroxylation sites is 1. The first-order valence-electron chi connectivity index (χ1n) is 16.0. The minimum absolute atomic E-state index is 0.00244. The van der Waals surface area contributed by atoms with Crippen LogP contribution in [0.4, 0.5) is 17.1 Å². The maximum atomic E-state index is 14.5. The molecule has 1 aliphatic rings. The van der Waals surface area contributed by atoms with Gasteiger partial charge in [0.1, 0.15) is 17.6 Å². The molecule has 5 aromatic rings. The van der Waals surface area contributed by atoms with Crippen LogP contribution < -0.4 is 15.1 Å². The predicted octanol–water partition coefficient (Wildman–Crippen LogP) is 6.94. The van der Waals surface area contributed by atoms with Crippen molar-refractivity contribution in [1.82, 2.24) is 9.88 Å². The molecule has 0 saturated heterocycles. The summed E-state index contributed by atoms with van der Waals surface area (Å²) in [6.07, 6.45) is 0. The molecule has 6 rings (SSSR count). The fraction of sp³-hybridized carbons (Fsp3) is 0.205. The second-order valence-electron chi connectivity index (χ2n) is 12.4. The lowest BCUT2D eigenvalue weighted by molar-refractivity contribution is -0.139. The molecule has 49 heavy (non-hydrogen) atoms. The van der Waals surface area contributed by atoms with Gasteiger partial charge in [0.25, 0.3) is 17.6 Å². The highest BCUT2D eigenvalue weighted by molar-refractivity contribution is 7.09. The summed E-state index contributed by atoms with van der Waals surface area (Å²) in [7, 11) is 3.87. The van der Waals surface area contributed by atoms with E-state index in [1.54, 1.807) is 24.3 Å². The van der Waals surface area contributed by atoms with Crippen molar-refractivity contribution in [2.45, 2.75) is 32.4 Å². The summed E-state index contributed by atoms with van der Waals surface area (Å²) in [6, 6.07) is 30.4. The van der Waals surface area contributed by atoms with Gasteiger partial charge in [0, 0.05) is 36.4 Å². The van der Waals surface area contributed by atoms with E-state index in [-0.39, 0.29) is 18.0 Å². The number of nitrogens with zero attached hydrogens (tertiary/aromatic N) is 4. The van der Waals surface area contributed by atoms with E-state index in [0.29, 0.717) is 21.9 Å². The van der Waals surface area contributed by atoms with Crippen molar-refractivity contribution in [3.8, 4) is 11.3 Å². The molecule has 2 heterocycles. The summed E-state index contributed by atoms with van der Waals surface area (Å²) in [5.41, 5.74) is 5.54. The van der Waals surface area contributed by atoms with Crippen LogP contribution in [0.2, 0.25) is 0 Å². The van der Waals surface area contributed by atoms with Crippen LogP contribution >= 0.6 is 11.3 Å². The summed E-state index contributed by atoms with van der Waals surface area (Å²) < 4.78 is 0. The van der Waals surface area contributed by atoms with Gasteiger partial charge in [-0.05, 0) is 53.4 Å². The fourth-order valence-electron chi connectivity index (χ4n) is 5.82. The van der Waals surface area contributed by atoms with Crippen molar-refractivity contribution in [1.29, 1.82) is 0 Å². The molecular weight excluding hydrogens is 635 g/mol. The number of carbonyl (C=O) groups is 4. The second kappa shape index (κ2) is 14.2. The molecule has 1 aromatic heterocycles. The summed E-state index contributed by atoms with van der Waals surface area (Å²) >= 11 is 1.39. The van der Waals surface area contributed by atoms with Crippen LogP contribution in [0.15, 0.2) is 109 Å². The van der Waals surface area contributed by atoms with E-state index in [4.69, 9.17) is 4.98 Å². The third-order valence-corrected chi connectivity index (χ3v) is 9.38. The van der Waals surface area contributed by atoms with Crippen LogP contribution in [0, 0.1) is 0 Å². The maximum Gasteiger partial charge on any atom is 0.299 e. The van der Waals surface area contributed by atoms with Crippen LogP contribution in [-0.2, 0) is 20.9 Å². The molecule has 4 aromatic carbocycles. The molecule has 0 radical (unpaired) electrons. The molecular formula is C39H37N5O4S. The van der Waals surface area contributed by atoms with E-state index in [1.807, 2.05) is 103 Å². The first-order chi connectivity index (χ1) is 23.6. The Labute approximate surface area is 289 Å². The Morgan fingerprint density at radius 1 is 0.837 bits per heavy atom. The van der Waals surface area contributed by atoms with Crippen LogP contribution in [-0.4, -0.2) is 54.0 Å². The van der Waals surface area contributed by atoms with Crippen molar-refractivity contribution >= 4 is 51.9 Å². The molecule has 1 aliphatic heterocycles. The minimum atomic E-state index is -1.09.